The third-order valence-electron chi connectivity index (χ3n) is 4.60. The molecule has 32 heavy (non-hydrogen) atoms. The van der Waals surface area contributed by atoms with E-state index in [1.165, 1.54) is 29.6 Å². The van der Waals surface area contributed by atoms with Crippen molar-refractivity contribution in [2.75, 3.05) is 5.32 Å². The van der Waals surface area contributed by atoms with Crippen LogP contribution in [0.3, 0.4) is 0 Å². The predicted molar refractivity (Wildman–Crippen MR) is 118 cm³/mol. The van der Waals surface area contributed by atoms with Crippen molar-refractivity contribution in [3.05, 3.63) is 86.0 Å². The van der Waals surface area contributed by atoms with Crippen molar-refractivity contribution in [2.24, 2.45) is 0 Å². The number of aromatic carboxylic acids is 1. The van der Waals surface area contributed by atoms with Crippen LogP contribution in [-0.4, -0.2) is 31.5 Å². The van der Waals surface area contributed by atoms with Crippen molar-refractivity contribution in [3.8, 4) is 11.4 Å². The van der Waals surface area contributed by atoms with Gasteiger partial charge in [0.15, 0.2) is 0 Å². The SMILES string of the molecule is O=C(Cn1c(-c2ccccc2)nc2scc(C(=O)O)c2c1=O)Nc1cccc([N+](=O)[O-])c1. The number of carboxylic acids is 1. The van der Waals surface area contributed by atoms with Gasteiger partial charge >= 0.3 is 5.97 Å². The molecule has 160 valence electrons. The van der Waals surface area contributed by atoms with Crippen LogP contribution < -0.4 is 10.9 Å². The summed E-state index contributed by atoms with van der Waals surface area (Å²) in [6, 6.07) is 14.1. The van der Waals surface area contributed by atoms with Gasteiger partial charge in [0.25, 0.3) is 11.2 Å². The number of non-ortho nitro benzene ring substituents is 1. The van der Waals surface area contributed by atoms with Gasteiger partial charge in [0, 0.05) is 28.8 Å². The van der Waals surface area contributed by atoms with Crippen molar-refractivity contribution in [2.45, 2.75) is 6.54 Å². The van der Waals surface area contributed by atoms with Crippen LogP contribution in [0.15, 0.2) is 64.8 Å². The summed E-state index contributed by atoms with van der Waals surface area (Å²) >= 11 is 1.03. The van der Waals surface area contributed by atoms with E-state index in [0.717, 1.165) is 15.9 Å². The summed E-state index contributed by atoms with van der Waals surface area (Å²) in [4.78, 5) is 52.6. The number of thiophene rings is 1. The first-order valence-corrected chi connectivity index (χ1v) is 10.1. The van der Waals surface area contributed by atoms with Crippen molar-refractivity contribution >= 4 is 44.8 Å². The first-order chi connectivity index (χ1) is 15.3. The highest BCUT2D eigenvalue weighted by Crippen LogP contribution is 2.25. The number of nitrogens with zero attached hydrogens (tertiary/aromatic N) is 3. The molecule has 4 rings (SSSR count). The number of nitrogens with one attached hydrogen (secondary N) is 1. The molecule has 0 fully saturated rings. The van der Waals surface area contributed by atoms with Gasteiger partial charge in [-0.1, -0.05) is 36.4 Å². The zero-order valence-electron chi connectivity index (χ0n) is 16.2. The number of benzene rings is 2. The summed E-state index contributed by atoms with van der Waals surface area (Å²) in [6.07, 6.45) is 0. The number of aromatic nitrogens is 2. The van der Waals surface area contributed by atoms with E-state index < -0.39 is 28.9 Å². The summed E-state index contributed by atoms with van der Waals surface area (Å²) in [5.41, 5.74) is -0.289. The van der Waals surface area contributed by atoms with Gasteiger partial charge < -0.3 is 10.4 Å². The standard InChI is InChI=1S/C21H14N4O6S/c26-16(22-13-7-4-8-14(9-13)25(30)31)10-24-18(12-5-2-1-3-6-12)23-19-17(20(24)27)15(11-32-19)21(28)29/h1-9,11H,10H2,(H,22,26)(H,28,29). The lowest BCUT2D eigenvalue weighted by Gasteiger charge is -2.13. The molecule has 0 bridgehead atoms. The number of nitro benzene ring substituents is 1. The fourth-order valence-corrected chi connectivity index (χ4v) is 4.08. The van der Waals surface area contributed by atoms with Crippen LogP contribution >= 0.6 is 11.3 Å². The number of carboxylic acid groups (broad SMARTS) is 1. The van der Waals surface area contributed by atoms with E-state index in [-0.39, 0.29) is 33.0 Å². The zero-order chi connectivity index (χ0) is 22.8. The Hall–Kier alpha value is -4.38. The molecule has 0 unspecified atom stereocenters. The molecule has 4 aromatic rings. The molecule has 2 aromatic carbocycles. The quantitative estimate of drug-likeness (QED) is 0.338. The minimum Gasteiger partial charge on any atom is -0.478 e. The van der Waals surface area contributed by atoms with Crippen LogP contribution in [-0.2, 0) is 11.3 Å². The molecule has 10 nitrogen and oxygen atoms in total. The van der Waals surface area contributed by atoms with Gasteiger partial charge in [0.1, 0.15) is 17.2 Å². The molecule has 2 heterocycles. The summed E-state index contributed by atoms with van der Waals surface area (Å²) in [6.45, 7) is -0.469. The molecule has 1 amide bonds. The molecule has 0 atom stereocenters. The molecule has 0 spiro atoms. The minimum absolute atomic E-state index is 0.0784. The Morgan fingerprint density at radius 3 is 2.59 bits per heavy atom. The molecule has 2 N–H and O–H groups in total. The van der Waals surface area contributed by atoms with Crippen molar-refractivity contribution < 1.29 is 19.6 Å². The number of fused-ring (bicyclic) bond motifs is 1. The van der Waals surface area contributed by atoms with Gasteiger partial charge in [0.05, 0.1) is 15.9 Å². The molecule has 0 saturated carbocycles. The molecular formula is C21H14N4O6S. The maximum absolute atomic E-state index is 13.2. The number of amides is 1. The maximum Gasteiger partial charge on any atom is 0.337 e. The van der Waals surface area contributed by atoms with Gasteiger partial charge in [0.2, 0.25) is 5.91 Å². The lowest BCUT2D eigenvalue weighted by Crippen LogP contribution is -2.30. The molecule has 0 aliphatic carbocycles. The molecule has 0 aliphatic heterocycles. The number of hydrogen-bond acceptors (Lipinski definition) is 7. The third-order valence-corrected chi connectivity index (χ3v) is 5.47. The zero-order valence-corrected chi connectivity index (χ0v) is 17.0. The summed E-state index contributed by atoms with van der Waals surface area (Å²) in [7, 11) is 0. The van der Waals surface area contributed by atoms with E-state index in [9.17, 15) is 29.6 Å². The van der Waals surface area contributed by atoms with Crippen LogP contribution in [0.25, 0.3) is 21.6 Å². The number of anilines is 1. The summed E-state index contributed by atoms with van der Waals surface area (Å²) in [5, 5.41) is 24.2. The fourth-order valence-electron chi connectivity index (χ4n) is 3.18. The molecule has 0 radical (unpaired) electrons. The van der Waals surface area contributed by atoms with Gasteiger partial charge in [-0.3, -0.25) is 24.3 Å². The number of hydrogen-bond donors (Lipinski definition) is 2. The molecule has 2 aromatic heterocycles. The van der Waals surface area contributed by atoms with Gasteiger partial charge in [-0.25, -0.2) is 9.78 Å². The second-order valence-corrected chi connectivity index (χ2v) is 7.54. The van der Waals surface area contributed by atoms with E-state index in [4.69, 9.17) is 0 Å². The van der Waals surface area contributed by atoms with Crippen LogP contribution in [0.1, 0.15) is 10.4 Å². The Kier molecular flexibility index (Phi) is 5.48. The van der Waals surface area contributed by atoms with E-state index in [1.807, 2.05) is 0 Å². The Bertz CT molecular complexity index is 1430. The lowest BCUT2D eigenvalue weighted by molar-refractivity contribution is -0.384. The smallest absolute Gasteiger partial charge is 0.337 e. The average Bonchev–Trinajstić information content (AvgIpc) is 3.21. The summed E-state index contributed by atoms with van der Waals surface area (Å²) < 4.78 is 1.10. The van der Waals surface area contributed by atoms with Gasteiger partial charge in [-0.15, -0.1) is 11.3 Å². The van der Waals surface area contributed by atoms with E-state index in [1.54, 1.807) is 30.3 Å². The normalized spacial score (nSPS) is 10.8. The highest BCUT2D eigenvalue weighted by molar-refractivity contribution is 7.17. The highest BCUT2D eigenvalue weighted by atomic mass is 32.1. The van der Waals surface area contributed by atoms with Gasteiger partial charge in [-0.05, 0) is 6.07 Å². The molecular weight excluding hydrogens is 436 g/mol. The molecule has 11 heteroatoms. The van der Waals surface area contributed by atoms with E-state index in [0.29, 0.717) is 5.56 Å². The Balaban J connectivity index is 1.78. The Morgan fingerprint density at radius 1 is 1.16 bits per heavy atom. The largest absolute Gasteiger partial charge is 0.478 e. The minimum atomic E-state index is -1.27. The summed E-state index contributed by atoms with van der Waals surface area (Å²) in [5.74, 6) is -1.69. The second-order valence-electron chi connectivity index (χ2n) is 6.68. The van der Waals surface area contributed by atoms with Crippen molar-refractivity contribution in [3.63, 3.8) is 0 Å². The topological polar surface area (TPSA) is 144 Å². The Labute approximate surface area is 183 Å². The second kappa shape index (κ2) is 8.40. The van der Waals surface area contributed by atoms with E-state index in [2.05, 4.69) is 10.3 Å². The number of rotatable bonds is 6. The van der Waals surface area contributed by atoms with Crippen LogP contribution in [0.2, 0.25) is 0 Å². The van der Waals surface area contributed by atoms with Gasteiger partial charge in [-0.2, -0.15) is 0 Å². The van der Waals surface area contributed by atoms with Crippen LogP contribution in [0, 0.1) is 10.1 Å². The monoisotopic (exact) mass is 450 g/mol. The fraction of sp³-hybridized carbons (Fsp3) is 0.0476. The van der Waals surface area contributed by atoms with Crippen molar-refractivity contribution in [1.29, 1.82) is 0 Å². The van der Waals surface area contributed by atoms with E-state index >= 15 is 0 Å². The number of carbonyl (C=O) groups is 2. The highest BCUT2D eigenvalue weighted by Gasteiger charge is 2.21. The van der Waals surface area contributed by atoms with Crippen LogP contribution in [0.5, 0.6) is 0 Å². The lowest BCUT2D eigenvalue weighted by atomic mass is 10.2. The van der Waals surface area contributed by atoms with Crippen molar-refractivity contribution in [1.82, 2.24) is 9.55 Å². The Morgan fingerprint density at radius 2 is 1.91 bits per heavy atom. The first-order valence-electron chi connectivity index (χ1n) is 9.20. The first kappa shape index (κ1) is 20.9. The average molecular weight is 450 g/mol. The molecule has 0 saturated heterocycles. The maximum atomic E-state index is 13.2. The molecule has 0 aliphatic rings. The number of nitro groups is 1. The van der Waals surface area contributed by atoms with Crippen LogP contribution in [0.4, 0.5) is 11.4 Å². The number of carbonyl (C=O) groups excluding carboxylic acids is 1. The predicted octanol–water partition coefficient (Wildman–Crippen LogP) is 3.37. The third kappa shape index (κ3) is 3.96.